The minimum atomic E-state index is -4.65. The Hall–Kier alpha value is -2.59. The molecule has 0 unspecified atom stereocenters. The lowest BCUT2D eigenvalue weighted by atomic mass is 9.95. The van der Waals surface area contributed by atoms with Crippen LogP contribution < -0.4 is 5.32 Å². The van der Waals surface area contributed by atoms with E-state index in [1.54, 1.807) is 11.0 Å². The summed E-state index contributed by atoms with van der Waals surface area (Å²) < 4.78 is 38.9. The summed E-state index contributed by atoms with van der Waals surface area (Å²) >= 11 is 6.94. The monoisotopic (exact) mass is 487 g/mol. The van der Waals surface area contributed by atoms with Crippen LogP contribution in [0.4, 0.5) is 18.9 Å². The van der Waals surface area contributed by atoms with E-state index in [1.807, 2.05) is 11.4 Å². The van der Waals surface area contributed by atoms with E-state index in [4.69, 9.17) is 11.6 Å². The Morgan fingerprint density at radius 2 is 1.91 bits per heavy atom. The number of nitrogens with zero attached hydrogens (tertiary/aromatic N) is 2. The van der Waals surface area contributed by atoms with Gasteiger partial charge in [0.2, 0.25) is 11.8 Å². The number of rotatable bonds is 5. The van der Waals surface area contributed by atoms with Crippen LogP contribution in [-0.2, 0) is 15.8 Å². The third-order valence-electron chi connectivity index (χ3n) is 5.18. The summed E-state index contributed by atoms with van der Waals surface area (Å²) in [5, 5.41) is 3.73. The van der Waals surface area contributed by atoms with Gasteiger partial charge < -0.3 is 15.1 Å². The lowest BCUT2D eigenvalue weighted by molar-refractivity contribution is -0.138. The van der Waals surface area contributed by atoms with Gasteiger partial charge in [-0.2, -0.15) is 13.2 Å². The number of carbonyl (C=O) groups excluding carboxylic acids is 3. The number of likely N-dealkylation sites (tertiary alicyclic amines) is 1. The minimum absolute atomic E-state index is 0.0557. The number of thiophene rings is 1. The molecule has 0 saturated carbocycles. The van der Waals surface area contributed by atoms with Gasteiger partial charge in [0.1, 0.15) is 0 Å². The molecule has 2 aromatic rings. The van der Waals surface area contributed by atoms with Gasteiger partial charge in [0, 0.05) is 31.7 Å². The van der Waals surface area contributed by atoms with Crippen molar-refractivity contribution in [2.24, 2.45) is 5.92 Å². The zero-order valence-corrected chi connectivity index (χ0v) is 18.7. The van der Waals surface area contributed by atoms with E-state index in [0.717, 1.165) is 12.1 Å². The standard InChI is InChI=1S/C21H21ClF3N3O3S/c1-27(12-18(29)26-14-4-5-16(22)15(11-14)21(23,24)25)19(30)13-6-8-28(9-7-13)20(31)17-3-2-10-32-17/h2-5,10-11,13H,6-9,12H2,1H3,(H,26,29). The highest BCUT2D eigenvalue weighted by Gasteiger charge is 2.34. The predicted octanol–water partition coefficient (Wildman–Crippen LogP) is 4.37. The summed E-state index contributed by atoms with van der Waals surface area (Å²) in [5.74, 6) is -1.25. The SMILES string of the molecule is CN(CC(=O)Nc1ccc(Cl)c(C(F)(F)F)c1)C(=O)C1CCN(C(=O)c2cccs2)CC1. The van der Waals surface area contributed by atoms with Gasteiger partial charge in [0.05, 0.1) is 22.0 Å². The molecule has 1 saturated heterocycles. The Labute approximate surface area is 191 Å². The minimum Gasteiger partial charge on any atom is -0.338 e. The maximum Gasteiger partial charge on any atom is 0.417 e. The Morgan fingerprint density at radius 1 is 1.22 bits per heavy atom. The predicted molar refractivity (Wildman–Crippen MR) is 116 cm³/mol. The summed E-state index contributed by atoms with van der Waals surface area (Å²) in [5.41, 5.74) is -1.11. The number of alkyl halides is 3. The molecule has 1 aliphatic rings. The summed E-state index contributed by atoms with van der Waals surface area (Å²) in [6.07, 6.45) is -3.69. The first-order valence-corrected chi connectivity index (χ1v) is 11.1. The molecule has 3 amide bonds. The van der Waals surface area contributed by atoms with Crippen LogP contribution in [0.3, 0.4) is 0 Å². The third kappa shape index (κ3) is 5.80. The van der Waals surface area contributed by atoms with E-state index in [9.17, 15) is 27.6 Å². The summed E-state index contributed by atoms with van der Waals surface area (Å²) in [4.78, 5) is 41.0. The second-order valence-corrected chi connectivity index (χ2v) is 8.83. The zero-order chi connectivity index (χ0) is 23.5. The fraction of sp³-hybridized carbons (Fsp3) is 0.381. The molecule has 3 rings (SSSR count). The van der Waals surface area contributed by atoms with E-state index < -0.39 is 22.7 Å². The van der Waals surface area contributed by atoms with E-state index in [2.05, 4.69) is 5.32 Å². The molecular formula is C21H21ClF3N3O3S. The van der Waals surface area contributed by atoms with Gasteiger partial charge in [-0.1, -0.05) is 17.7 Å². The number of likely N-dealkylation sites (N-methyl/N-ethyl adjacent to an activating group) is 1. The Kier molecular flexibility index (Phi) is 7.45. The molecule has 0 atom stereocenters. The van der Waals surface area contributed by atoms with Gasteiger partial charge in [0.25, 0.3) is 5.91 Å². The van der Waals surface area contributed by atoms with Crippen LogP contribution in [0.1, 0.15) is 28.1 Å². The van der Waals surface area contributed by atoms with Crippen molar-refractivity contribution in [3.8, 4) is 0 Å². The van der Waals surface area contributed by atoms with Crippen molar-refractivity contribution >= 4 is 46.3 Å². The highest BCUT2D eigenvalue weighted by atomic mass is 35.5. The molecule has 1 aromatic carbocycles. The molecule has 2 heterocycles. The molecule has 32 heavy (non-hydrogen) atoms. The van der Waals surface area contributed by atoms with Crippen LogP contribution in [0.5, 0.6) is 0 Å². The molecule has 0 spiro atoms. The quantitative estimate of drug-likeness (QED) is 0.681. The first-order valence-electron chi connectivity index (χ1n) is 9.80. The number of hydrogen-bond donors (Lipinski definition) is 1. The molecule has 1 N–H and O–H groups in total. The molecule has 6 nitrogen and oxygen atoms in total. The first kappa shape index (κ1) is 24.1. The number of halogens is 4. The number of hydrogen-bond acceptors (Lipinski definition) is 4. The Morgan fingerprint density at radius 3 is 2.50 bits per heavy atom. The van der Waals surface area contributed by atoms with E-state index in [0.29, 0.717) is 30.8 Å². The number of anilines is 1. The van der Waals surface area contributed by atoms with Crippen molar-refractivity contribution in [1.82, 2.24) is 9.80 Å². The highest BCUT2D eigenvalue weighted by Crippen LogP contribution is 2.36. The molecule has 1 aromatic heterocycles. The average molecular weight is 488 g/mol. The van der Waals surface area contributed by atoms with Crippen LogP contribution >= 0.6 is 22.9 Å². The third-order valence-corrected chi connectivity index (χ3v) is 6.36. The molecule has 11 heteroatoms. The van der Waals surface area contributed by atoms with Crippen molar-refractivity contribution in [2.45, 2.75) is 19.0 Å². The summed E-state index contributed by atoms with van der Waals surface area (Å²) in [6, 6.07) is 6.64. The van der Waals surface area contributed by atoms with Gasteiger partial charge in [-0.25, -0.2) is 0 Å². The lowest BCUT2D eigenvalue weighted by Gasteiger charge is -2.32. The summed E-state index contributed by atoms with van der Waals surface area (Å²) in [6.45, 7) is 0.577. The normalized spacial score (nSPS) is 14.8. The second kappa shape index (κ2) is 9.91. The van der Waals surface area contributed by atoms with Crippen molar-refractivity contribution in [2.75, 3.05) is 32.0 Å². The van der Waals surface area contributed by atoms with Gasteiger partial charge in [-0.05, 0) is 42.5 Å². The number of benzene rings is 1. The highest BCUT2D eigenvalue weighted by molar-refractivity contribution is 7.12. The largest absolute Gasteiger partial charge is 0.417 e. The molecular weight excluding hydrogens is 467 g/mol. The van der Waals surface area contributed by atoms with Crippen LogP contribution in [-0.4, -0.2) is 54.2 Å². The van der Waals surface area contributed by atoms with E-state index in [-0.39, 0.29) is 30.0 Å². The first-order chi connectivity index (χ1) is 15.1. The molecule has 0 radical (unpaired) electrons. The fourth-order valence-electron chi connectivity index (χ4n) is 3.51. The topological polar surface area (TPSA) is 69.7 Å². The van der Waals surface area contributed by atoms with Gasteiger partial charge in [-0.3, -0.25) is 14.4 Å². The van der Waals surface area contributed by atoms with Gasteiger partial charge in [-0.15, -0.1) is 11.3 Å². The summed E-state index contributed by atoms with van der Waals surface area (Å²) in [7, 11) is 1.47. The smallest absolute Gasteiger partial charge is 0.338 e. The average Bonchev–Trinajstić information content (AvgIpc) is 3.28. The van der Waals surface area contributed by atoms with Crippen LogP contribution in [0.15, 0.2) is 35.7 Å². The van der Waals surface area contributed by atoms with Crippen molar-refractivity contribution in [3.63, 3.8) is 0 Å². The fourth-order valence-corrected chi connectivity index (χ4v) is 4.43. The van der Waals surface area contributed by atoms with Crippen molar-refractivity contribution in [3.05, 3.63) is 51.2 Å². The van der Waals surface area contributed by atoms with Crippen molar-refractivity contribution in [1.29, 1.82) is 0 Å². The number of carbonyl (C=O) groups is 3. The van der Waals surface area contributed by atoms with Gasteiger partial charge >= 0.3 is 6.18 Å². The maximum atomic E-state index is 13.0. The van der Waals surface area contributed by atoms with Crippen LogP contribution in [0, 0.1) is 5.92 Å². The number of piperidine rings is 1. The lowest BCUT2D eigenvalue weighted by Crippen LogP contribution is -2.44. The number of nitrogens with one attached hydrogen (secondary N) is 1. The second-order valence-electron chi connectivity index (χ2n) is 7.48. The van der Waals surface area contributed by atoms with Crippen LogP contribution in [0.2, 0.25) is 5.02 Å². The Bertz CT molecular complexity index is 990. The number of amides is 3. The van der Waals surface area contributed by atoms with E-state index in [1.165, 1.54) is 29.4 Å². The van der Waals surface area contributed by atoms with Gasteiger partial charge in [0.15, 0.2) is 0 Å². The zero-order valence-electron chi connectivity index (χ0n) is 17.1. The molecule has 1 fully saturated rings. The van der Waals surface area contributed by atoms with Crippen molar-refractivity contribution < 1.29 is 27.6 Å². The molecule has 0 aliphatic carbocycles. The van der Waals surface area contributed by atoms with Crippen LogP contribution in [0.25, 0.3) is 0 Å². The molecule has 1 aliphatic heterocycles. The maximum absolute atomic E-state index is 13.0. The Balaban J connectivity index is 1.51. The van der Waals surface area contributed by atoms with E-state index >= 15 is 0 Å². The molecule has 172 valence electrons. The molecule has 0 bridgehead atoms.